The predicted molar refractivity (Wildman–Crippen MR) is 147 cm³/mol. The molecular weight excluding hydrogens is 478 g/mol. The van der Waals surface area contributed by atoms with Crippen LogP contribution in [-0.4, -0.2) is 49.4 Å². The van der Waals surface area contributed by atoms with Gasteiger partial charge < -0.3 is 20.7 Å². The highest BCUT2D eigenvalue weighted by Crippen LogP contribution is 2.43. The van der Waals surface area contributed by atoms with Crippen molar-refractivity contribution < 1.29 is 19.1 Å². The lowest BCUT2D eigenvalue weighted by molar-refractivity contribution is -0.134. The van der Waals surface area contributed by atoms with Gasteiger partial charge in [0.2, 0.25) is 12.3 Å². The lowest BCUT2D eigenvalue weighted by atomic mass is 9.73. The number of primary amides is 1. The Morgan fingerprint density at radius 3 is 2.16 bits per heavy atom. The van der Waals surface area contributed by atoms with Gasteiger partial charge in [0, 0.05) is 25.0 Å². The fraction of sp³-hybridized carbons (Fsp3) is 0.323. The summed E-state index contributed by atoms with van der Waals surface area (Å²) in [5, 5.41) is 3.13. The minimum atomic E-state index is -0.125. The Labute approximate surface area is 224 Å². The normalized spacial score (nSPS) is 18.8. The standard InChI is InChI=1S/C30H32N2O3.CH3NO/c1-35-28-14-8-7-13-27(28)29(33)31-22-17-19-32(20-18-22)30(34)26-16-15-23(21-9-3-2-4-10-21)24-11-5-6-12-25(24)26;2-1-3/h2-14,22-23,26H,15-20H2,1H3,(H,31,33);1H,(H2,2,3)/t23?,26-;/m0./s1. The molecule has 1 saturated heterocycles. The number of amides is 3. The highest BCUT2D eigenvalue weighted by Gasteiger charge is 2.35. The third-order valence-corrected chi connectivity index (χ3v) is 7.48. The lowest BCUT2D eigenvalue weighted by Crippen LogP contribution is -2.48. The molecule has 1 aliphatic carbocycles. The van der Waals surface area contributed by atoms with Crippen LogP contribution in [0.1, 0.15) is 64.6 Å². The zero-order chi connectivity index (χ0) is 26.9. The van der Waals surface area contributed by atoms with Crippen LogP contribution in [0.2, 0.25) is 0 Å². The van der Waals surface area contributed by atoms with E-state index in [0.717, 1.165) is 25.7 Å². The molecule has 198 valence electrons. The van der Waals surface area contributed by atoms with Gasteiger partial charge >= 0.3 is 0 Å². The first-order chi connectivity index (χ1) is 18.6. The smallest absolute Gasteiger partial charge is 0.255 e. The zero-order valence-electron chi connectivity index (χ0n) is 21.7. The summed E-state index contributed by atoms with van der Waals surface area (Å²) in [5.74, 6) is 0.916. The van der Waals surface area contributed by atoms with Gasteiger partial charge in [-0.2, -0.15) is 0 Å². The molecule has 3 amide bonds. The first-order valence-electron chi connectivity index (χ1n) is 13.1. The molecule has 7 nitrogen and oxygen atoms in total. The topological polar surface area (TPSA) is 102 Å². The molecule has 3 aromatic carbocycles. The molecular formula is C31H35N3O4. The van der Waals surface area contributed by atoms with Crippen molar-refractivity contribution in [3.8, 4) is 5.75 Å². The number of rotatable bonds is 5. The minimum Gasteiger partial charge on any atom is -0.496 e. The van der Waals surface area contributed by atoms with Crippen molar-refractivity contribution in [2.45, 2.75) is 43.6 Å². The Bertz CT molecular complexity index is 1240. The van der Waals surface area contributed by atoms with Crippen molar-refractivity contribution in [1.82, 2.24) is 10.2 Å². The summed E-state index contributed by atoms with van der Waals surface area (Å²) in [5.41, 5.74) is 8.48. The number of nitrogens with one attached hydrogen (secondary N) is 1. The van der Waals surface area contributed by atoms with Crippen molar-refractivity contribution >= 4 is 18.2 Å². The molecule has 38 heavy (non-hydrogen) atoms. The van der Waals surface area contributed by atoms with Crippen LogP contribution in [0.4, 0.5) is 0 Å². The van der Waals surface area contributed by atoms with Crippen LogP contribution in [0, 0.1) is 0 Å². The van der Waals surface area contributed by atoms with E-state index in [1.807, 2.05) is 29.2 Å². The van der Waals surface area contributed by atoms with Crippen LogP contribution < -0.4 is 15.8 Å². The van der Waals surface area contributed by atoms with Crippen LogP contribution in [0.15, 0.2) is 78.9 Å². The molecule has 2 aliphatic rings. The van der Waals surface area contributed by atoms with E-state index in [0.29, 0.717) is 30.3 Å². The number of nitrogens with zero attached hydrogens (tertiary/aromatic N) is 1. The second kappa shape index (κ2) is 12.9. The number of likely N-dealkylation sites (tertiary alicyclic amines) is 1. The number of carbonyl (C=O) groups is 3. The van der Waals surface area contributed by atoms with Crippen LogP contribution in [0.3, 0.4) is 0 Å². The van der Waals surface area contributed by atoms with Crippen LogP contribution in [-0.2, 0) is 9.59 Å². The number of benzene rings is 3. The molecule has 0 bridgehead atoms. The molecule has 3 N–H and O–H groups in total. The summed E-state index contributed by atoms with van der Waals surface area (Å²) >= 11 is 0. The van der Waals surface area contributed by atoms with Gasteiger partial charge in [-0.25, -0.2) is 0 Å². The van der Waals surface area contributed by atoms with Gasteiger partial charge in [0.15, 0.2) is 0 Å². The Hall–Kier alpha value is -4.13. The summed E-state index contributed by atoms with van der Waals surface area (Å²) in [6.07, 6.45) is 3.60. The van der Waals surface area contributed by atoms with Crippen LogP contribution >= 0.6 is 0 Å². The summed E-state index contributed by atoms with van der Waals surface area (Å²) in [6.45, 7) is 1.33. The number of para-hydroxylation sites is 1. The van der Waals surface area contributed by atoms with Crippen LogP contribution in [0.25, 0.3) is 0 Å². The van der Waals surface area contributed by atoms with Gasteiger partial charge in [-0.05, 0) is 54.5 Å². The molecule has 3 aromatic rings. The number of fused-ring (bicyclic) bond motifs is 1. The quantitative estimate of drug-likeness (QED) is 0.499. The molecule has 1 heterocycles. The molecule has 7 heteroatoms. The summed E-state index contributed by atoms with van der Waals surface area (Å²) in [6, 6.07) is 26.4. The molecule has 1 fully saturated rings. The average Bonchev–Trinajstić information content (AvgIpc) is 2.97. The monoisotopic (exact) mass is 513 g/mol. The highest BCUT2D eigenvalue weighted by atomic mass is 16.5. The Morgan fingerprint density at radius 1 is 0.868 bits per heavy atom. The summed E-state index contributed by atoms with van der Waals surface area (Å²) < 4.78 is 5.32. The first kappa shape index (κ1) is 26.9. The Kier molecular flexibility index (Phi) is 9.14. The molecule has 1 unspecified atom stereocenters. The van der Waals surface area contributed by atoms with Gasteiger partial charge in [0.05, 0.1) is 18.6 Å². The van der Waals surface area contributed by atoms with Crippen molar-refractivity contribution in [3.05, 3.63) is 101 Å². The summed E-state index contributed by atoms with van der Waals surface area (Å²) in [7, 11) is 1.57. The Morgan fingerprint density at radius 2 is 1.47 bits per heavy atom. The van der Waals surface area contributed by atoms with Gasteiger partial charge in [0.1, 0.15) is 5.75 Å². The van der Waals surface area contributed by atoms with E-state index in [2.05, 4.69) is 53.5 Å². The van der Waals surface area contributed by atoms with E-state index >= 15 is 0 Å². The largest absolute Gasteiger partial charge is 0.496 e. The van der Waals surface area contributed by atoms with Gasteiger partial charge in [-0.3, -0.25) is 14.4 Å². The van der Waals surface area contributed by atoms with Crippen molar-refractivity contribution in [1.29, 1.82) is 0 Å². The Balaban J connectivity index is 0.00000107. The third-order valence-electron chi connectivity index (χ3n) is 7.48. The van der Waals surface area contributed by atoms with E-state index in [9.17, 15) is 9.59 Å². The maximum absolute atomic E-state index is 13.6. The number of hydrogen-bond acceptors (Lipinski definition) is 4. The van der Waals surface area contributed by atoms with E-state index in [1.54, 1.807) is 19.2 Å². The molecule has 0 radical (unpaired) electrons. The predicted octanol–water partition coefficient (Wildman–Crippen LogP) is 4.23. The molecule has 1 aliphatic heterocycles. The van der Waals surface area contributed by atoms with Gasteiger partial charge in [-0.15, -0.1) is 0 Å². The fourth-order valence-corrected chi connectivity index (χ4v) is 5.64. The van der Waals surface area contributed by atoms with Crippen molar-refractivity contribution in [2.75, 3.05) is 20.2 Å². The highest BCUT2D eigenvalue weighted by molar-refractivity contribution is 5.97. The van der Waals surface area contributed by atoms with Crippen molar-refractivity contribution in [2.24, 2.45) is 5.73 Å². The van der Waals surface area contributed by atoms with Gasteiger partial charge in [0.25, 0.3) is 5.91 Å². The number of hydrogen-bond donors (Lipinski definition) is 2. The molecule has 5 rings (SSSR count). The fourth-order valence-electron chi connectivity index (χ4n) is 5.64. The molecule has 0 spiro atoms. The minimum absolute atomic E-state index is 0.0533. The van der Waals surface area contributed by atoms with Crippen LogP contribution in [0.5, 0.6) is 5.75 Å². The molecule has 0 aromatic heterocycles. The van der Waals surface area contributed by atoms with Crippen molar-refractivity contribution in [3.63, 3.8) is 0 Å². The first-order valence-corrected chi connectivity index (χ1v) is 13.1. The molecule has 0 saturated carbocycles. The average molecular weight is 514 g/mol. The van der Waals surface area contributed by atoms with Gasteiger partial charge in [-0.1, -0.05) is 66.7 Å². The summed E-state index contributed by atoms with van der Waals surface area (Å²) in [4.78, 5) is 37.0. The second-order valence-electron chi connectivity index (χ2n) is 9.63. The maximum atomic E-state index is 13.6. The SMILES string of the molecule is COc1ccccc1C(=O)NC1CCN(C(=O)[C@H]2CCC(c3ccccc3)c3ccccc32)CC1.NC=O. The van der Waals surface area contributed by atoms with E-state index in [-0.39, 0.29) is 30.2 Å². The second-order valence-corrected chi connectivity index (χ2v) is 9.63. The number of methoxy groups -OCH3 is 1. The third kappa shape index (κ3) is 6.05. The molecule has 2 atom stereocenters. The van der Waals surface area contributed by atoms with E-state index < -0.39 is 0 Å². The number of piperidine rings is 1. The lowest BCUT2D eigenvalue weighted by Gasteiger charge is -2.37. The van der Waals surface area contributed by atoms with E-state index in [1.165, 1.54) is 16.7 Å². The number of ether oxygens (including phenoxy) is 1. The zero-order valence-corrected chi connectivity index (χ0v) is 21.7. The number of nitrogens with two attached hydrogens (primary N) is 1. The number of carbonyl (C=O) groups excluding carboxylic acids is 3. The van der Waals surface area contributed by atoms with E-state index in [4.69, 9.17) is 9.53 Å². The maximum Gasteiger partial charge on any atom is 0.255 e.